The Kier molecular flexibility index (Phi) is 3.67. The third kappa shape index (κ3) is 2.78. The molecule has 1 aromatic rings. The second-order valence-corrected chi connectivity index (χ2v) is 4.86. The summed E-state index contributed by atoms with van der Waals surface area (Å²) < 4.78 is 0. The van der Waals surface area contributed by atoms with Gasteiger partial charge in [0, 0.05) is 24.7 Å². The van der Waals surface area contributed by atoms with E-state index in [0.717, 1.165) is 32.2 Å². The third-order valence-corrected chi connectivity index (χ3v) is 3.44. The van der Waals surface area contributed by atoms with Crippen LogP contribution in [0.4, 0.5) is 5.69 Å². The van der Waals surface area contributed by atoms with Crippen LogP contribution in [0.5, 0.6) is 0 Å². The van der Waals surface area contributed by atoms with E-state index in [1.807, 2.05) is 0 Å². The van der Waals surface area contributed by atoms with Crippen LogP contribution in [0.1, 0.15) is 31.7 Å². The fourth-order valence-corrected chi connectivity index (χ4v) is 2.57. The van der Waals surface area contributed by atoms with Gasteiger partial charge in [-0.15, -0.1) is 0 Å². The number of benzene rings is 1. The molecule has 1 heterocycles. The number of hydrogen-bond donors (Lipinski definition) is 2. The average Bonchev–Trinajstić information content (AvgIpc) is 2.60. The van der Waals surface area contributed by atoms with E-state index in [-0.39, 0.29) is 0 Å². The lowest BCUT2D eigenvalue weighted by molar-refractivity contribution is 0.634. The molecule has 3 N–H and O–H groups in total. The molecule has 0 aromatic heterocycles. The van der Waals surface area contributed by atoms with Gasteiger partial charge in [-0.1, -0.05) is 18.2 Å². The van der Waals surface area contributed by atoms with Crippen LogP contribution in [-0.2, 0) is 6.42 Å². The van der Waals surface area contributed by atoms with Crippen molar-refractivity contribution in [1.82, 2.24) is 0 Å². The number of amidine groups is 1. The van der Waals surface area contributed by atoms with Crippen molar-refractivity contribution in [3.05, 3.63) is 29.8 Å². The Morgan fingerprint density at radius 2 is 2.18 bits per heavy atom. The van der Waals surface area contributed by atoms with E-state index in [0.29, 0.717) is 11.9 Å². The summed E-state index contributed by atoms with van der Waals surface area (Å²) in [5, 5.41) is 7.20. The van der Waals surface area contributed by atoms with Gasteiger partial charge in [0.2, 0.25) is 0 Å². The summed E-state index contributed by atoms with van der Waals surface area (Å²) in [4.78, 5) is 2.48. The monoisotopic (exact) mass is 231 g/mol. The number of unbranched alkanes of at least 4 members (excludes halogenated alkanes) is 1. The summed E-state index contributed by atoms with van der Waals surface area (Å²) >= 11 is 0. The Bertz CT molecular complexity index is 400. The van der Waals surface area contributed by atoms with E-state index in [1.165, 1.54) is 11.3 Å². The zero-order chi connectivity index (χ0) is 12.3. The van der Waals surface area contributed by atoms with E-state index in [9.17, 15) is 0 Å². The number of anilines is 1. The van der Waals surface area contributed by atoms with Crippen molar-refractivity contribution in [3.8, 4) is 0 Å². The van der Waals surface area contributed by atoms with E-state index in [2.05, 4.69) is 36.1 Å². The van der Waals surface area contributed by atoms with Crippen LogP contribution in [0.25, 0.3) is 0 Å². The number of fused-ring (bicyclic) bond motifs is 1. The van der Waals surface area contributed by atoms with Gasteiger partial charge in [-0.2, -0.15) is 0 Å². The molecule has 3 nitrogen and oxygen atoms in total. The maximum absolute atomic E-state index is 7.20. The second-order valence-electron chi connectivity index (χ2n) is 4.86. The van der Waals surface area contributed by atoms with Crippen molar-refractivity contribution in [2.75, 3.05) is 11.4 Å². The molecule has 0 bridgehead atoms. The van der Waals surface area contributed by atoms with Crippen LogP contribution < -0.4 is 10.6 Å². The van der Waals surface area contributed by atoms with E-state index in [1.54, 1.807) is 0 Å². The number of nitrogens with one attached hydrogen (secondary N) is 1. The molecule has 1 unspecified atom stereocenters. The zero-order valence-corrected chi connectivity index (χ0v) is 10.4. The van der Waals surface area contributed by atoms with Gasteiger partial charge in [-0.3, -0.25) is 5.41 Å². The Morgan fingerprint density at radius 1 is 1.41 bits per heavy atom. The van der Waals surface area contributed by atoms with Crippen LogP contribution in [0, 0.1) is 5.41 Å². The fraction of sp³-hybridized carbons (Fsp3) is 0.500. The number of nitrogens with two attached hydrogens (primary N) is 1. The predicted octanol–water partition coefficient (Wildman–Crippen LogP) is 2.54. The highest BCUT2D eigenvalue weighted by molar-refractivity contribution is 5.76. The lowest BCUT2D eigenvalue weighted by Gasteiger charge is -2.24. The van der Waals surface area contributed by atoms with Crippen molar-refractivity contribution in [2.45, 2.75) is 38.6 Å². The van der Waals surface area contributed by atoms with Crippen LogP contribution in [0.2, 0.25) is 0 Å². The Morgan fingerprint density at radius 3 is 2.94 bits per heavy atom. The van der Waals surface area contributed by atoms with Crippen LogP contribution in [-0.4, -0.2) is 18.4 Å². The molecule has 0 aliphatic carbocycles. The second kappa shape index (κ2) is 5.21. The molecule has 0 radical (unpaired) electrons. The minimum atomic E-state index is 0.305. The standard InChI is InChI=1S/C14H21N3/c1-11-10-12-6-2-3-7-13(12)17(11)9-5-4-8-14(15)16/h2-3,6-7,11H,4-5,8-10H2,1H3,(H3,15,16). The Labute approximate surface area is 103 Å². The number of hydrogen-bond acceptors (Lipinski definition) is 2. The molecule has 2 rings (SSSR count). The molecular formula is C14H21N3. The van der Waals surface area contributed by atoms with Crippen LogP contribution in [0.15, 0.2) is 24.3 Å². The lowest BCUT2D eigenvalue weighted by Crippen LogP contribution is -2.30. The van der Waals surface area contributed by atoms with Crippen molar-refractivity contribution >= 4 is 11.5 Å². The highest BCUT2D eigenvalue weighted by atomic mass is 15.2. The summed E-state index contributed by atoms with van der Waals surface area (Å²) in [7, 11) is 0. The summed E-state index contributed by atoms with van der Waals surface area (Å²) in [5.41, 5.74) is 8.22. The number of para-hydroxylation sites is 1. The first-order valence-electron chi connectivity index (χ1n) is 6.36. The zero-order valence-electron chi connectivity index (χ0n) is 10.4. The first-order chi connectivity index (χ1) is 8.18. The van der Waals surface area contributed by atoms with Crippen LogP contribution in [0.3, 0.4) is 0 Å². The van der Waals surface area contributed by atoms with Crippen molar-refractivity contribution < 1.29 is 0 Å². The molecular weight excluding hydrogens is 210 g/mol. The van der Waals surface area contributed by atoms with E-state index < -0.39 is 0 Å². The number of nitrogens with zero attached hydrogens (tertiary/aromatic N) is 1. The molecule has 1 aliphatic rings. The quantitative estimate of drug-likeness (QED) is 0.465. The normalized spacial score (nSPS) is 18.2. The Hall–Kier alpha value is -1.51. The van der Waals surface area contributed by atoms with Crippen molar-refractivity contribution in [2.24, 2.45) is 5.73 Å². The molecule has 92 valence electrons. The van der Waals surface area contributed by atoms with E-state index >= 15 is 0 Å². The molecule has 17 heavy (non-hydrogen) atoms. The van der Waals surface area contributed by atoms with Gasteiger partial charge in [0.15, 0.2) is 0 Å². The largest absolute Gasteiger partial charge is 0.388 e. The molecule has 1 aliphatic heterocycles. The minimum absolute atomic E-state index is 0.305. The summed E-state index contributed by atoms with van der Waals surface area (Å²) in [6, 6.07) is 9.26. The topological polar surface area (TPSA) is 53.1 Å². The first kappa shape index (κ1) is 12.0. The molecule has 0 spiro atoms. The predicted molar refractivity (Wildman–Crippen MR) is 72.7 cm³/mol. The van der Waals surface area contributed by atoms with Gasteiger partial charge in [-0.25, -0.2) is 0 Å². The van der Waals surface area contributed by atoms with Crippen molar-refractivity contribution in [3.63, 3.8) is 0 Å². The fourth-order valence-electron chi connectivity index (χ4n) is 2.57. The maximum Gasteiger partial charge on any atom is 0.0905 e. The molecule has 1 atom stereocenters. The Balaban J connectivity index is 1.90. The highest BCUT2D eigenvalue weighted by Crippen LogP contribution is 2.31. The molecule has 0 saturated carbocycles. The third-order valence-electron chi connectivity index (χ3n) is 3.44. The first-order valence-corrected chi connectivity index (χ1v) is 6.36. The van der Waals surface area contributed by atoms with Crippen LogP contribution >= 0.6 is 0 Å². The summed E-state index contributed by atoms with van der Waals surface area (Å²) in [6.45, 7) is 3.36. The average molecular weight is 231 g/mol. The lowest BCUT2D eigenvalue weighted by atomic mass is 10.1. The van der Waals surface area contributed by atoms with E-state index in [4.69, 9.17) is 11.1 Å². The maximum atomic E-state index is 7.20. The molecule has 0 fully saturated rings. The van der Waals surface area contributed by atoms with Gasteiger partial charge in [-0.05, 0) is 37.8 Å². The summed E-state index contributed by atoms with van der Waals surface area (Å²) in [6.07, 6.45) is 4.01. The van der Waals surface area contributed by atoms with Gasteiger partial charge in [0.25, 0.3) is 0 Å². The summed E-state index contributed by atoms with van der Waals surface area (Å²) in [5.74, 6) is 0.305. The SMILES string of the molecule is CC1Cc2ccccc2N1CCCCC(=N)N. The molecule has 1 aromatic carbocycles. The highest BCUT2D eigenvalue weighted by Gasteiger charge is 2.24. The van der Waals surface area contributed by atoms with Gasteiger partial charge in [0.1, 0.15) is 0 Å². The minimum Gasteiger partial charge on any atom is -0.388 e. The smallest absolute Gasteiger partial charge is 0.0905 e. The van der Waals surface area contributed by atoms with Gasteiger partial charge >= 0.3 is 0 Å². The molecule has 3 heteroatoms. The van der Waals surface area contributed by atoms with Crippen molar-refractivity contribution in [1.29, 1.82) is 5.41 Å². The molecule has 0 amide bonds. The van der Waals surface area contributed by atoms with Gasteiger partial charge < -0.3 is 10.6 Å². The molecule has 0 saturated heterocycles. The van der Waals surface area contributed by atoms with Gasteiger partial charge in [0.05, 0.1) is 5.84 Å². The number of rotatable bonds is 5.